The van der Waals surface area contributed by atoms with Crippen LogP contribution in [0.3, 0.4) is 0 Å². The van der Waals surface area contributed by atoms with Crippen molar-refractivity contribution in [1.29, 1.82) is 0 Å². The first kappa shape index (κ1) is 26.0. The fourth-order valence-electron chi connectivity index (χ4n) is 2.47. The minimum atomic E-state index is -0.450. The molecule has 5 N–H and O–H groups in total. The summed E-state index contributed by atoms with van der Waals surface area (Å²) >= 11 is 0. The van der Waals surface area contributed by atoms with E-state index in [1.807, 2.05) is 32.9 Å². The standard InChI is InChI=1S/C19H28N6O5.ClH/c1-19(2,3)23-15(26)11-29-13-6-5-12(9-14(13)28-4)10-21-7-8-22-18(27)16-17(20)25-30-24-16;/h5-6,9,21H,7-8,10-11H2,1-4H3,(H2,20,25)(H,22,27)(H,23,26);1H/p-1. The highest BCUT2D eigenvalue weighted by atomic mass is 35.5. The summed E-state index contributed by atoms with van der Waals surface area (Å²) in [6.07, 6.45) is 0. The minimum absolute atomic E-state index is 0. The Hall–Kier alpha value is -3.05. The molecule has 172 valence electrons. The van der Waals surface area contributed by atoms with Gasteiger partial charge in [0.25, 0.3) is 11.8 Å². The van der Waals surface area contributed by atoms with Crippen LogP contribution in [0.1, 0.15) is 36.8 Å². The van der Waals surface area contributed by atoms with Crippen molar-refractivity contribution in [3.05, 3.63) is 29.5 Å². The molecule has 11 nitrogen and oxygen atoms in total. The lowest BCUT2D eigenvalue weighted by Gasteiger charge is -2.20. The van der Waals surface area contributed by atoms with Crippen LogP contribution in [0.4, 0.5) is 5.82 Å². The maximum Gasteiger partial charge on any atom is 0.277 e. The van der Waals surface area contributed by atoms with Crippen molar-refractivity contribution < 1.29 is 36.1 Å². The van der Waals surface area contributed by atoms with Gasteiger partial charge < -0.3 is 43.6 Å². The molecule has 2 aromatic rings. The van der Waals surface area contributed by atoms with E-state index in [1.54, 1.807) is 6.07 Å². The summed E-state index contributed by atoms with van der Waals surface area (Å²) in [4.78, 5) is 23.7. The van der Waals surface area contributed by atoms with Gasteiger partial charge in [0.15, 0.2) is 18.1 Å². The molecule has 0 unspecified atom stereocenters. The summed E-state index contributed by atoms with van der Waals surface area (Å²) in [6.45, 7) is 7.04. The number of benzene rings is 1. The molecule has 0 saturated heterocycles. The van der Waals surface area contributed by atoms with Crippen LogP contribution < -0.4 is 43.6 Å². The van der Waals surface area contributed by atoms with Crippen molar-refractivity contribution in [1.82, 2.24) is 26.3 Å². The third kappa shape index (κ3) is 8.69. The zero-order valence-corrected chi connectivity index (χ0v) is 18.7. The van der Waals surface area contributed by atoms with Crippen molar-refractivity contribution >= 4 is 17.6 Å². The van der Waals surface area contributed by atoms with Crippen LogP contribution in [0.5, 0.6) is 11.5 Å². The number of carbonyl (C=O) groups is 2. The first-order valence-corrected chi connectivity index (χ1v) is 9.37. The molecule has 0 saturated carbocycles. The van der Waals surface area contributed by atoms with E-state index < -0.39 is 5.91 Å². The number of ether oxygens (including phenoxy) is 2. The molecule has 0 bridgehead atoms. The molecule has 0 aliphatic rings. The van der Waals surface area contributed by atoms with E-state index in [-0.39, 0.29) is 42.0 Å². The second-order valence-electron chi connectivity index (χ2n) is 7.50. The molecule has 0 spiro atoms. The Balaban J connectivity index is 0.00000480. The molecule has 2 amide bonds. The van der Waals surface area contributed by atoms with E-state index in [9.17, 15) is 9.59 Å². The highest BCUT2D eigenvalue weighted by Gasteiger charge is 2.16. The molecule has 0 aliphatic heterocycles. The Bertz CT molecular complexity index is 868. The van der Waals surface area contributed by atoms with Gasteiger partial charge in [-0.2, -0.15) is 0 Å². The average molecular weight is 456 g/mol. The number of hydrogen-bond acceptors (Lipinski definition) is 9. The quantitative estimate of drug-likeness (QED) is 0.284. The summed E-state index contributed by atoms with van der Waals surface area (Å²) in [7, 11) is 1.54. The molecule has 0 atom stereocenters. The van der Waals surface area contributed by atoms with Crippen molar-refractivity contribution in [3.63, 3.8) is 0 Å². The van der Waals surface area contributed by atoms with Crippen molar-refractivity contribution in [2.24, 2.45) is 0 Å². The molecule has 0 fully saturated rings. The number of nitrogens with one attached hydrogen (secondary N) is 3. The van der Waals surface area contributed by atoms with Crippen LogP contribution in [0.25, 0.3) is 0 Å². The summed E-state index contributed by atoms with van der Waals surface area (Å²) < 4.78 is 15.3. The summed E-state index contributed by atoms with van der Waals surface area (Å²) in [5.41, 5.74) is 6.06. The third-order valence-electron chi connectivity index (χ3n) is 3.75. The van der Waals surface area contributed by atoms with E-state index >= 15 is 0 Å². The molecule has 31 heavy (non-hydrogen) atoms. The number of nitrogens with zero attached hydrogens (tertiary/aromatic N) is 2. The molecular formula is C19H28ClN6O5-. The number of carbonyl (C=O) groups excluding carboxylic acids is 2. The fraction of sp³-hybridized carbons (Fsp3) is 0.474. The Morgan fingerprint density at radius 3 is 2.52 bits per heavy atom. The molecule has 1 aromatic heterocycles. The van der Waals surface area contributed by atoms with Crippen LogP contribution in [-0.4, -0.2) is 54.5 Å². The van der Waals surface area contributed by atoms with Crippen molar-refractivity contribution in [3.8, 4) is 11.5 Å². The van der Waals surface area contributed by atoms with Gasteiger partial charge in [-0.05, 0) is 48.8 Å². The normalized spacial score (nSPS) is 10.7. The van der Waals surface area contributed by atoms with E-state index in [0.29, 0.717) is 31.1 Å². The molecule has 1 aromatic carbocycles. The maximum atomic E-state index is 11.9. The number of aromatic nitrogens is 2. The van der Waals surface area contributed by atoms with E-state index in [2.05, 4.69) is 30.9 Å². The summed E-state index contributed by atoms with van der Waals surface area (Å²) in [5, 5.41) is 15.5. The zero-order chi connectivity index (χ0) is 22.1. The first-order valence-electron chi connectivity index (χ1n) is 9.37. The number of methoxy groups -OCH3 is 1. The van der Waals surface area contributed by atoms with Crippen LogP contribution in [0.2, 0.25) is 0 Å². The number of anilines is 1. The fourth-order valence-corrected chi connectivity index (χ4v) is 2.47. The number of nitrogen functional groups attached to an aromatic ring is 1. The second-order valence-corrected chi connectivity index (χ2v) is 7.50. The summed E-state index contributed by atoms with van der Waals surface area (Å²) in [5.74, 6) is 0.303. The Morgan fingerprint density at radius 2 is 1.90 bits per heavy atom. The molecular weight excluding hydrogens is 428 g/mol. The smallest absolute Gasteiger partial charge is 0.277 e. The first-order chi connectivity index (χ1) is 14.2. The largest absolute Gasteiger partial charge is 1.00 e. The highest BCUT2D eigenvalue weighted by Crippen LogP contribution is 2.28. The maximum absolute atomic E-state index is 11.9. The molecule has 0 radical (unpaired) electrons. The Labute approximate surface area is 186 Å². The highest BCUT2D eigenvalue weighted by molar-refractivity contribution is 5.95. The lowest BCUT2D eigenvalue weighted by atomic mass is 10.1. The Kier molecular flexibility index (Phi) is 10.0. The van der Waals surface area contributed by atoms with Gasteiger partial charge in [-0.1, -0.05) is 6.07 Å². The van der Waals surface area contributed by atoms with Crippen LogP contribution in [0.15, 0.2) is 22.8 Å². The number of hydrogen-bond donors (Lipinski definition) is 4. The number of halogens is 1. The lowest BCUT2D eigenvalue weighted by Crippen LogP contribution is -3.00. The van der Waals surface area contributed by atoms with Gasteiger partial charge in [0.2, 0.25) is 11.5 Å². The van der Waals surface area contributed by atoms with Gasteiger partial charge in [0, 0.05) is 25.2 Å². The Morgan fingerprint density at radius 1 is 1.16 bits per heavy atom. The van der Waals surface area contributed by atoms with E-state index in [4.69, 9.17) is 15.2 Å². The molecule has 1 heterocycles. The topological polar surface area (TPSA) is 154 Å². The van der Waals surface area contributed by atoms with E-state index in [0.717, 1.165) is 5.56 Å². The second kappa shape index (κ2) is 12.0. The molecule has 12 heteroatoms. The van der Waals surface area contributed by atoms with Gasteiger partial charge in [-0.3, -0.25) is 9.59 Å². The SMILES string of the molecule is COc1cc(CNCCNC(=O)c2nonc2N)ccc1OCC(=O)NC(C)(C)C.[Cl-]. The lowest BCUT2D eigenvalue weighted by molar-refractivity contribution is -0.124. The number of amides is 2. The number of rotatable bonds is 10. The van der Waals surface area contributed by atoms with Crippen LogP contribution >= 0.6 is 0 Å². The van der Waals surface area contributed by atoms with Gasteiger partial charge in [-0.15, -0.1) is 0 Å². The third-order valence-corrected chi connectivity index (χ3v) is 3.75. The van der Waals surface area contributed by atoms with E-state index in [1.165, 1.54) is 7.11 Å². The van der Waals surface area contributed by atoms with Gasteiger partial charge in [0.05, 0.1) is 7.11 Å². The monoisotopic (exact) mass is 455 g/mol. The molecule has 2 rings (SSSR count). The van der Waals surface area contributed by atoms with Gasteiger partial charge in [0.1, 0.15) is 0 Å². The minimum Gasteiger partial charge on any atom is -1.00 e. The van der Waals surface area contributed by atoms with Crippen LogP contribution in [-0.2, 0) is 11.3 Å². The predicted molar refractivity (Wildman–Crippen MR) is 109 cm³/mol. The average Bonchev–Trinajstić information content (AvgIpc) is 3.11. The zero-order valence-electron chi connectivity index (χ0n) is 18.0. The number of nitrogens with two attached hydrogens (primary N) is 1. The molecule has 0 aliphatic carbocycles. The van der Waals surface area contributed by atoms with Crippen molar-refractivity contribution in [2.45, 2.75) is 32.9 Å². The van der Waals surface area contributed by atoms with Gasteiger partial charge in [-0.25, -0.2) is 4.63 Å². The predicted octanol–water partition coefficient (Wildman–Crippen LogP) is -2.52. The van der Waals surface area contributed by atoms with Crippen molar-refractivity contribution in [2.75, 3.05) is 32.5 Å². The summed E-state index contributed by atoms with van der Waals surface area (Å²) in [6, 6.07) is 5.44. The van der Waals surface area contributed by atoms with Gasteiger partial charge >= 0.3 is 0 Å². The van der Waals surface area contributed by atoms with Crippen LogP contribution in [0, 0.1) is 0 Å².